The van der Waals surface area contributed by atoms with Crippen molar-refractivity contribution in [2.24, 2.45) is 0 Å². The van der Waals surface area contributed by atoms with E-state index >= 15 is 0 Å². The third kappa shape index (κ3) is 2.65. The van der Waals surface area contributed by atoms with Crippen molar-refractivity contribution >= 4 is 17.4 Å². The van der Waals surface area contributed by atoms with Gasteiger partial charge >= 0.3 is 5.97 Å². The topological polar surface area (TPSA) is 105 Å². The molecular formula is C9H12N6O2. The summed E-state index contributed by atoms with van der Waals surface area (Å²) in [6.45, 7) is 3.57. The molecule has 2 rings (SSSR count). The molecule has 0 aromatic carbocycles. The largest absolute Gasteiger partial charge is 0.481 e. The van der Waals surface area contributed by atoms with Crippen molar-refractivity contribution in [2.45, 2.75) is 25.8 Å². The first-order valence-corrected chi connectivity index (χ1v) is 5.02. The summed E-state index contributed by atoms with van der Waals surface area (Å²) in [7, 11) is 0. The second-order valence-corrected chi connectivity index (χ2v) is 4.32. The molecule has 0 amide bonds. The number of aliphatic carboxylic acids is 1. The Morgan fingerprint density at radius 1 is 1.53 bits per heavy atom. The lowest BCUT2D eigenvalue weighted by Crippen LogP contribution is -2.34. The summed E-state index contributed by atoms with van der Waals surface area (Å²) in [5, 5.41) is 26.7. The number of anilines is 1. The van der Waals surface area contributed by atoms with Crippen molar-refractivity contribution in [3.63, 3.8) is 0 Å². The Balaban J connectivity index is 2.19. The van der Waals surface area contributed by atoms with Crippen LogP contribution in [-0.2, 0) is 4.79 Å². The van der Waals surface area contributed by atoms with Crippen molar-refractivity contribution in [1.82, 2.24) is 25.3 Å². The minimum Gasteiger partial charge on any atom is -0.481 e. The van der Waals surface area contributed by atoms with Gasteiger partial charge in [0.05, 0.1) is 6.42 Å². The zero-order chi connectivity index (χ0) is 12.5. The molecule has 0 saturated carbocycles. The van der Waals surface area contributed by atoms with Gasteiger partial charge in [0.25, 0.3) is 0 Å². The molecule has 8 heteroatoms. The second kappa shape index (κ2) is 3.96. The van der Waals surface area contributed by atoms with E-state index in [1.807, 2.05) is 0 Å². The fraction of sp³-hybridized carbons (Fsp3) is 0.444. The molecule has 0 aliphatic carbocycles. The number of nitrogens with one attached hydrogen (secondary N) is 1. The Morgan fingerprint density at radius 2 is 2.29 bits per heavy atom. The van der Waals surface area contributed by atoms with Gasteiger partial charge in [0.15, 0.2) is 5.65 Å². The fourth-order valence-electron chi connectivity index (χ4n) is 1.49. The molecule has 0 unspecified atom stereocenters. The van der Waals surface area contributed by atoms with E-state index in [0.29, 0.717) is 11.5 Å². The van der Waals surface area contributed by atoms with E-state index in [0.717, 1.165) is 0 Å². The molecule has 2 aromatic heterocycles. The van der Waals surface area contributed by atoms with Gasteiger partial charge in [-0.25, -0.2) is 0 Å². The van der Waals surface area contributed by atoms with Crippen LogP contribution < -0.4 is 5.32 Å². The minimum absolute atomic E-state index is 0.0116. The van der Waals surface area contributed by atoms with Gasteiger partial charge in [-0.15, -0.1) is 14.8 Å². The monoisotopic (exact) mass is 236 g/mol. The van der Waals surface area contributed by atoms with Crippen LogP contribution in [0.5, 0.6) is 0 Å². The van der Waals surface area contributed by atoms with Gasteiger partial charge in [-0.05, 0) is 36.4 Å². The van der Waals surface area contributed by atoms with Crippen molar-refractivity contribution in [3.8, 4) is 0 Å². The van der Waals surface area contributed by atoms with Crippen LogP contribution in [0.3, 0.4) is 0 Å². The summed E-state index contributed by atoms with van der Waals surface area (Å²) in [6, 6.07) is 3.40. The van der Waals surface area contributed by atoms with Gasteiger partial charge in [-0.1, -0.05) is 0 Å². The van der Waals surface area contributed by atoms with Crippen LogP contribution in [0.1, 0.15) is 20.3 Å². The van der Waals surface area contributed by atoms with Crippen molar-refractivity contribution in [2.75, 3.05) is 5.32 Å². The molecular weight excluding hydrogens is 224 g/mol. The van der Waals surface area contributed by atoms with E-state index < -0.39 is 11.5 Å². The molecule has 0 saturated heterocycles. The summed E-state index contributed by atoms with van der Waals surface area (Å²) >= 11 is 0. The first kappa shape index (κ1) is 11.2. The Bertz CT molecular complexity index is 549. The third-order valence-corrected chi connectivity index (χ3v) is 2.13. The molecule has 2 N–H and O–H groups in total. The van der Waals surface area contributed by atoms with E-state index in [4.69, 9.17) is 5.11 Å². The average Bonchev–Trinajstić information content (AvgIpc) is 2.61. The Hall–Kier alpha value is -2.25. The molecule has 0 atom stereocenters. The average molecular weight is 236 g/mol. The van der Waals surface area contributed by atoms with E-state index in [-0.39, 0.29) is 6.42 Å². The van der Waals surface area contributed by atoms with Gasteiger partial charge < -0.3 is 10.4 Å². The maximum atomic E-state index is 10.7. The lowest BCUT2D eigenvalue weighted by molar-refractivity contribution is -0.137. The predicted octanol–water partition coefficient (Wildman–Crippen LogP) is 0.184. The number of hydrogen-bond donors (Lipinski definition) is 2. The van der Waals surface area contributed by atoms with E-state index in [9.17, 15) is 4.79 Å². The smallest absolute Gasteiger partial charge is 0.305 e. The standard InChI is InChI=1S/C9H12N6O2/c1-9(2,5-8(16)17)10-6-3-4-7-11-13-14-15(7)12-6/h3-4H,5H2,1-2H3,(H,10,12)(H,16,17). The normalized spacial score (nSPS) is 11.6. The molecule has 90 valence electrons. The van der Waals surface area contributed by atoms with Gasteiger partial charge in [0.1, 0.15) is 5.82 Å². The predicted molar refractivity (Wildman–Crippen MR) is 58.5 cm³/mol. The molecule has 2 heterocycles. The SMILES string of the molecule is CC(C)(CC(=O)O)Nc1ccc2nnnn2n1. The maximum Gasteiger partial charge on any atom is 0.305 e. The molecule has 0 spiro atoms. The number of hydrogen-bond acceptors (Lipinski definition) is 6. The van der Waals surface area contributed by atoms with Crippen molar-refractivity contribution in [3.05, 3.63) is 12.1 Å². The molecule has 2 aromatic rings. The number of nitrogens with zero attached hydrogens (tertiary/aromatic N) is 5. The highest BCUT2D eigenvalue weighted by atomic mass is 16.4. The van der Waals surface area contributed by atoms with Crippen LogP contribution in [0.2, 0.25) is 0 Å². The summed E-state index contributed by atoms with van der Waals surface area (Å²) < 4.78 is 1.28. The van der Waals surface area contributed by atoms with E-state index in [1.165, 1.54) is 4.63 Å². The second-order valence-electron chi connectivity index (χ2n) is 4.32. The number of carboxylic acids is 1. The molecule has 0 radical (unpaired) electrons. The van der Waals surface area contributed by atoms with Crippen molar-refractivity contribution < 1.29 is 9.90 Å². The summed E-state index contributed by atoms with van der Waals surface area (Å²) in [5.74, 6) is -0.345. The van der Waals surface area contributed by atoms with Crippen LogP contribution >= 0.6 is 0 Å². The first-order valence-electron chi connectivity index (χ1n) is 5.02. The number of carboxylic acid groups (broad SMARTS) is 1. The summed E-state index contributed by atoms with van der Waals surface area (Å²) in [4.78, 5) is 10.7. The maximum absolute atomic E-state index is 10.7. The van der Waals surface area contributed by atoms with Crippen LogP contribution in [0.4, 0.5) is 5.82 Å². The lowest BCUT2D eigenvalue weighted by atomic mass is 10.0. The number of aromatic nitrogens is 5. The molecule has 8 nitrogen and oxygen atoms in total. The number of fused-ring (bicyclic) bond motifs is 1. The number of carbonyl (C=O) groups is 1. The van der Waals surface area contributed by atoms with Gasteiger partial charge in [-0.2, -0.15) is 0 Å². The Labute approximate surface area is 96.6 Å². The Morgan fingerprint density at radius 3 is 3.00 bits per heavy atom. The molecule has 0 bridgehead atoms. The molecule has 0 fully saturated rings. The number of rotatable bonds is 4. The highest BCUT2D eigenvalue weighted by molar-refractivity contribution is 5.69. The van der Waals surface area contributed by atoms with Crippen LogP contribution in [0, 0.1) is 0 Å². The highest BCUT2D eigenvalue weighted by Gasteiger charge is 2.22. The quantitative estimate of drug-likeness (QED) is 0.780. The minimum atomic E-state index is -0.869. The lowest BCUT2D eigenvalue weighted by Gasteiger charge is -2.24. The van der Waals surface area contributed by atoms with Crippen LogP contribution in [0.25, 0.3) is 5.65 Å². The molecule has 17 heavy (non-hydrogen) atoms. The zero-order valence-electron chi connectivity index (χ0n) is 9.45. The van der Waals surface area contributed by atoms with E-state index in [1.54, 1.807) is 26.0 Å². The highest BCUT2D eigenvalue weighted by Crippen LogP contribution is 2.16. The van der Waals surface area contributed by atoms with Crippen molar-refractivity contribution in [1.29, 1.82) is 0 Å². The summed E-state index contributed by atoms with van der Waals surface area (Å²) in [6.07, 6.45) is -0.0116. The third-order valence-electron chi connectivity index (χ3n) is 2.13. The van der Waals surface area contributed by atoms with Gasteiger partial charge in [-0.3, -0.25) is 4.79 Å². The number of tetrazole rings is 1. The zero-order valence-corrected chi connectivity index (χ0v) is 9.45. The molecule has 0 aliphatic heterocycles. The van der Waals surface area contributed by atoms with E-state index in [2.05, 4.69) is 25.9 Å². The first-order chi connectivity index (χ1) is 7.96. The summed E-state index contributed by atoms with van der Waals surface area (Å²) in [5.41, 5.74) is -0.0628. The molecule has 0 aliphatic rings. The Kier molecular flexibility index (Phi) is 2.62. The van der Waals surface area contributed by atoms with Crippen LogP contribution in [-0.4, -0.2) is 41.9 Å². The van der Waals surface area contributed by atoms with Gasteiger partial charge in [0.2, 0.25) is 0 Å². The fourth-order valence-corrected chi connectivity index (χ4v) is 1.49. The van der Waals surface area contributed by atoms with Gasteiger partial charge in [0, 0.05) is 5.54 Å². The van der Waals surface area contributed by atoms with Crippen LogP contribution in [0.15, 0.2) is 12.1 Å².